The molecular formula is C13H27NO2. The fourth-order valence-electron chi connectivity index (χ4n) is 1.92. The zero-order chi connectivity index (χ0) is 12.2. The molecule has 3 nitrogen and oxygen atoms in total. The Morgan fingerprint density at radius 2 is 1.88 bits per heavy atom. The van der Waals surface area contributed by atoms with Gasteiger partial charge in [0.15, 0.2) is 0 Å². The molecule has 0 atom stereocenters. The van der Waals surface area contributed by atoms with E-state index < -0.39 is 0 Å². The van der Waals surface area contributed by atoms with Gasteiger partial charge in [0.2, 0.25) is 5.91 Å². The number of hydrogen-bond acceptors (Lipinski definition) is 2. The maximum absolute atomic E-state index is 11.4. The van der Waals surface area contributed by atoms with Crippen LogP contribution in [-0.4, -0.2) is 25.7 Å². The summed E-state index contributed by atoms with van der Waals surface area (Å²) in [6.45, 7) is 4.68. The fraction of sp³-hybridized carbons (Fsp3) is 0.923. The van der Waals surface area contributed by atoms with E-state index in [0.717, 1.165) is 19.3 Å². The molecule has 0 heterocycles. The SMILES string of the molecule is CC.COCCCC(=O)NC1CCCCC1. The summed E-state index contributed by atoms with van der Waals surface area (Å²) in [6, 6.07) is 0.443. The molecular weight excluding hydrogens is 202 g/mol. The van der Waals surface area contributed by atoms with Crippen LogP contribution in [0.3, 0.4) is 0 Å². The molecule has 1 amide bonds. The van der Waals surface area contributed by atoms with Gasteiger partial charge in [-0.25, -0.2) is 0 Å². The first-order valence-corrected chi connectivity index (χ1v) is 6.61. The predicted molar refractivity (Wildman–Crippen MR) is 67.5 cm³/mol. The van der Waals surface area contributed by atoms with Crippen LogP contribution in [0.4, 0.5) is 0 Å². The Hall–Kier alpha value is -0.570. The van der Waals surface area contributed by atoms with Crippen molar-refractivity contribution in [1.82, 2.24) is 5.32 Å². The van der Waals surface area contributed by atoms with Crippen molar-refractivity contribution in [3.63, 3.8) is 0 Å². The largest absolute Gasteiger partial charge is 0.385 e. The van der Waals surface area contributed by atoms with E-state index in [0.29, 0.717) is 19.1 Å². The molecule has 0 spiro atoms. The van der Waals surface area contributed by atoms with Crippen LogP contribution in [0.2, 0.25) is 0 Å². The van der Waals surface area contributed by atoms with Gasteiger partial charge in [-0.05, 0) is 19.3 Å². The highest BCUT2D eigenvalue weighted by atomic mass is 16.5. The molecule has 96 valence electrons. The van der Waals surface area contributed by atoms with Gasteiger partial charge in [-0.1, -0.05) is 33.1 Å². The summed E-state index contributed by atoms with van der Waals surface area (Å²) in [5.74, 6) is 0.189. The smallest absolute Gasteiger partial charge is 0.220 e. The van der Waals surface area contributed by atoms with Crippen molar-refractivity contribution < 1.29 is 9.53 Å². The molecule has 1 rings (SSSR count). The summed E-state index contributed by atoms with van der Waals surface area (Å²) >= 11 is 0. The molecule has 0 radical (unpaired) electrons. The molecule has 0 saturated heterocycles. The van der Waals surface area contributed by atoms with Gasteiger partial charge >= 0.3 is 0 Å². The van der Waals surface area contributed by atoms with E-state index in [2.05, 4.69) is 5.32 Å². The third kappa shape index (κ3) is 7.69. The number of carbonyl (C=O) groups is 1. The second-order valence-corrected chi connectivity index (χ2v) is 4.00. The zero-order valence-corrected chi connectivity index (χ0v) is 11.1. The third-order valence-corrected chi connectivity index (χ3v) is 2.72. The Labute approximate surface area is 99.9 Å². The molecule has 0 aromatic rings. The number of methoxy groups -OCH3 is 1. The van der Waals surface area contributed by atoms with Crippen molar-refractivity contribution in [1.29, 1.82) is 0 Å². The average molecular weight is 229 g/mol. The van der Waals surface area contributed by atoms with Crippen molar-refractivity contribution in [2.75, 3.05) is 13.7 Å². The Balaban J connectivity index is 0.00000106. The van der Waals surface area contributed by atoms with Gasteiger partial charge in [-0.15, -0.1) is 0 Å². The number of nitrogens with one attached hydrogen (secondary N) is 1. The lowest BCUT2D eigenvalue weighted by molar-refractivity contribution is -0.122. The molecule has 1 N–H and O–H groups in total. The standard InChI is InChI=1S/C11H21NO2.C2H6/c1-14-9-5-8-11(13)12-10-6-3-2-4-7-10;1-2/h10H,2-9H2,1H3,(H,12,13);1-2H3. The summed E-state index contributed by atoms with van der Waals surface area (Å²) in [5.41, 5.74) is 0. The number of hydrogen-bond donors (Lipinski definition) is 1. The number of amides is 1. The van der Waals surface area contributed by atoms with Gasteiger partial charge in [0.1, 0.15) is 0 Å². The molecule has 0 aromatic heterocycles. The van der Waals surface area contributed by atoms with Gasteiger partial charge in [0.25, 0.3) is 0 Å². The van der Waals surface area contributed by atoms with Crippen LogP contribution in [0.15, 0.2) is 0 Å². The van der Waals surface area contributed by atoms with Crippen LogP contribution < -0.4 is 5.32 Å². The number of ether oxygens (including phenoxy) is 1. The van der Waals surface area contributed by atoms with E-state index in [9.17, 15) is 4.79 Å². The summed E-state index contributed by atoms with van der Waals surface area (Å²) in [4.78, 5) is 11.4. The van der Waals surface area contributed by atoms with Crippen LogP contribution in [0, 0.1) is 0 Å². The van der Waals surface area contributed by atoms with E-state index in [1.807, 2.05) is 13.8 Å². The molecule has 1 fully saturated rings. The van der Waals surface area contributed by atoms with E-state index in [-0.39, 0.29) is 5.91 Å². The van der Waals surface area contributed by atoms with Crippen LogP contribution in [0.5, 0.6) is 0 Å². The second kappa shape index (κ2) is 10.9. The fourth-order valence-corrected chi connectivity index (χ4v) is 1.92. The first kappa shape index (κ1) is 15.4. The van der Waals surface area contributed by atoms with Gasteiger partial charge in [-0.3, -0.25) is 4.79 Å². The lowest BCUT2D eigenvalue weighted by Gasteiger charge is -2.22. The first-order chi connectivity index (χ1) is 7.83. The normalized spacial score (nSPS) is 16.2. The third-order valence-electron chi connectivity index (χ3n) is 2.72. The van der Waals surface area contributed by atoms with Crippen molar-refractivity contribution in [2.24, 2.45) is 0 Å². The highest BCUT2D eigenvalue weighted by molar-refractivity contribution is 5.76. The Kier molecular flexibility index (Phi) is 10.5. The lowest BCUT2D eigenvalue weighted by Crippen LogP contribution is -2.36. The summed E-state index contributed by atoms with van der Waals surface area (Å²) in [6.07, 6.45) is 7.62. The Morgan fingerprint density at radius 3 is 2.44 bits per heavy atom. The Bertz CT molecular complexity index is 165. The highest BCUT2D eigenvalue weighted by Gasteiger charge is 2.14. The van der Waals surface area contributed by atoms with Crippen LogP contribution in [-0.2, 0) is 9.53 Å². The maximum atomic E-state index is 11.4. The minimum Gasteiger partial charge on any atom is -0.385 e. The van der Waals surface area contributed by atoms with Gasteiger partial charge in [-0.2, -0.15) is 0 Å². The van der Waals surface area contributed by atoms with Gasteiger partial charge in [0, 0.05) is 26.2 Å². The molecule has 3 heteroatoms. The zero-order valence-electron chi connectivity index (χ0n) is 11.1. The average Bonchev–Trinajstić information content (AvgIpc) is 2.33. The molecule has 1 aliphatic rings. The highest BCUT2D eigenvalue weighted by Crippen LogP contribution is 2.17. The Morgan fingerprint density at radius 1 is 1.25 bits per heavy atom. The summed E-state index contributed by atoms with van der Waals surface area (Å²) in [7, 11) is 1.67. The second-order valence-electron chi connectivity index (χ2n) is 4.00. The predicted octanol–water partition coefficient (Wildman–Crippen LogP) is 2.89. The van der Waals surface area contributed by atoms with E-state index in [1.54, 1.807) is 7.11 Å². The van der Waals surface area contributed by atoms with E-state index in [1.165, 1.54) is 19.3 Å². The van der Waals surface area contributed by atoms with Crippen molar-refractivity contribution in [3.05, 3.63) is 0 Å². The molecule has 16 heavy (non-hydrogen) atoms. The minimum absolute atomic E-state index is 0.189. The molecule has 0 aromatic carbocycles. The van der Waals surface area contributed by atoms with Crippen LogP contribution in [0.25, 0.3) is 0 Å². The maximum Gasteiger partial charge on any atom is 0.220 e. The van der Waals surface area contributed by atoms with Crippen molar-refractivity contribution in [3.8, 4) is 0 Å². The molecule has 0 aliphatic heterocycles. The van der Waals surface area contributed by atoms with Crippen LogP contribution in [0.1, 0.15) is 58.8 Å². The minimum atomic E-state index is 0.189. The number of rotatable bonds is 5. The first-order valence-electron chi connectivity index (χ1n) is 6.61. The van der Waals surface area contributed by atoms with Crippen LogP contribution >= 0.6 is 0 Å². The van der Waals surface area contributed by atoms with E-state index in [4.69, 9.17) is 4.74 Å². The summed E-state index contributed by atoms with van der Waals surface area (Å²) in [5, 5.41) is 3.08. The van der Waals surface area contributed by atoms with Gasteiger partial charge in [0.05, 0.1) is 0 Å². The molecule has 0 bridgehead atoms. The van der Waals surface area contributed by atoms with Crippen molar-refractivity contribution >= 4 is 5.91 Å². The quantitative estimate of drug-likeness (QED) is 0.736. The molecule has 1 saturated carbocycles. The van der Waals surface area contributed by atoms with Gasteiger partial charge < -0.3 is 10.1 Å². The number of carbonyl (C=O) groups excluding carboxylic acids is 1. The van der Waals surface area contributed by atoms with Crippen molar-refractivity contribution in [2.45, 2.75) is 64.8 Å². The monoisotopic (exact) mass is 229 g/mol. The summed E-state index contributed by atoms with van der Waals surface area (Å²) < 4.78 is 4.90. The molecule has 1 aliphatic carbocycles. The lowest BCUT2D eigenvalue weighted by atomic mass is 9.95. The molecule has 0 unspecified atom stereocenters. The van der Waals surface area contributed by atoms with E-state index >= 15 is 0 Å². The topological polar surface area (TPSA) is 38.3 Å².